The van der Waals surface area contributed by atoms with Crippen molar-refractivity contribution in [1.82, 2.24) is 15.5 Å². The van der Waals surface area contributed by atoms with Gasteiger partial charge in [0.05, 0.1) is 12.2 Å². The summed E-state index contributed by atoms with van der Waals surface area (Å²) in [6.45, 7) is 2.21. The minimum atomic E-state index is -0.229. The molecular formula is C13H12N4O2S. The summed E-state index contributed by atoms with van der Waals surface area (Å²) in [5.41, 5.74) is 7.68. The number of anilines is 1. The summed E-state index contributed by atoms with van der Waals surface area (Å²) in [4.78, 5) is 16.5. The van der Waals surface area contributed by atoms with E-state index in [2.05, 4.69) is 20.0 Å². The second-order valence-corrected chi connectivity index (χ2v) is 5.35. The van der Waals surface area contributed by atoms with Gasteiger partial charge >= 0.3 is 0 Å². The lowest BCUT2D eigenvalue weighted by Crippen LogP contribution is -2.23. The van der Waals surface area contributed by atoms with Crippen LogP contribution in [0.2, 0.25) is 0 Å². The van der Waals surface area contributed by atoms with Crippen LogP contribution in [0.4, 0.5) is 5.69 Å². The van der Waals surface area contributed by atoms with E-state index in [1.54, 1.807) is 0 Å². The van der Waals surface area contributed by atoms with Crippen LogP contribution < -0.4 is 11.1 Å². The lowest BCUT2D eigenvalue weighted by atomic mass is 10.1. The Morgan fingerprint density at radius 3 is 3.05 bits per heavy atom. The van der Waals surface area contributed by atoms with E-state index in [1.165, 1.54) is 17.7 Å². The van der Waals surface area contributed by atoms with Crippen molar-refractivity contribution in [2.24, 2.45) is 0 Å². The average molecular weight is 288 g/mol. The molecule has 0 saturated heterocycles. The molecule has 3 rings (SSSR count). The number of nitrogens with two attached hydrogens (primary N) is 1. The predicted molar refractivity (Wildman–Crippen MR) is 76.4 cm³/mol. The van der Waals surface area contributed by atoms with Gasteiger partial charge in [-0.2, -0.15) is 4.98 Å². The molecule has 7 heteroatoms. The largest absolute Gasteiger partial charge is 0.397 e. The van der Waals surface area contributed by atoms with Crippen molar-refractivity contribution < 1.29 is 9.32 Å². The highest BCUT2D eigenvalue weighted by Gasteiger charge is 2.17. The normalized spacial score (nSPS) is 10.8. The first-order chi connectivity index (χ1) is 9.66. The van der Waals surface area contributed by atoms with Crippen molar-refractivity contribution in [2.75, 3.05) is 5.73 Å². The molecule has 0 fully saturated rings. The lowest BCUT2D eigenvalue weighted by molar-refractivity contribution is 0.0954. The Hall–Kier alpha value is -2.41. The van der Waals surface area contributed by atoms with E-state index in [0.717, 1.165) is 15.6 Å². The maximum Gasteiger partial charge on any atom is 0.263 e. The highest BCUT2D eigenvalue weighted by molar-refractivity contribution is 7.21. The standard InChI is InChI=1S/C13H12N4O2S/c1-7-3-2-4-8-10(14)12(20-11(7)8)13(18)15-5-9-16-6-19-17-9/h2-4,6H,5,14H2,1H3,(H,15,18). The van der Waals surface area contributed by atoms with Gasteiger partial charge in [-0.25, -0.2) is 0 Å². The zero-order chi connectivity index (χ0) is 14.1. The fourth-order valence-electron chi connectivity index (χ4n) is 1.96. The topological polar surface area (TPSA) is 94.0 Å². The monoisotopic (exact) mass is 288 g/mol. The van der Waals surface area contributed by atoms with Crippen molar-refractivity contribution >= 4 is 33.0 Å². The summed E-state index contributed by atoms with van der Waals surface area (Å²) < 4.78 is 5.64. The van der Waals surface area contributed by atoms with E-state index in [4.69, 9.17) is 5.73 Å². The third kappa shape index (κ3) is 2.12. The Morgan fingerprint density at radius 2 is 2.35 bits per heavy atom. The highest BCUT2D eigenvalue weighted by atomic mass is 32.1. The van der Waals surface area contributed by atoms with Gasteiger partial charge in [-0.05, 0) is 12.5 Å². The first-order valence-corrected chi connectivity index (χ1v) is 6.79. The molecule has 0 unspecified atom stereocenters. The van der Waals surface area contributed by atoms with Crippen molar-refractivity contribution in [3.05, 3.63) is 40.9 Å². The lowest BCUT2D eigenvalue weighted by Gasteiger charge is -2.00. The molecule has 102 valence electrons. The summed E-state index contributed by atoms with van der Waals surface area (Å²) in [7, 11) is 0. The molecule has 0 saturated carbocycles. The van der Waals surface area contributed by atoms with E-state index >= 15 is 0 Å². The number of amides is 1. The number of carbonyl (C=O) groups excluding carboxylic acids is 1. The molecule has 6 nitrogen and oxygen atoms in total. The average Bonchev–Trinajstić information content (AvgIpc) is 3.06. The molecule has 0 radical (unpaired) electrons. The first-order valence-electron chi connectivity index (χ1n) is 5.98. The molecule has 2 heterocycles. The van der Waals surface area contributed by atoms with Gasteiger partial charge in [0.1, 0.15) is 4.88 Å². The predicted octanol–water partition coefficient (Wildman–Crippen LogP) is 2.10. The maximum absolute atomic E-state index is 12.2. The molecule has 0 aliphatic carbocycles. The van der Waals surface area contributed by atoms with Gasteiger partial charge < -0.3 is 15.6 Å². The fraction of sp³-hybridized carbons (Fsp3) is 0.154. The van der Waals surface area contributed by atoms with Crippen LogP contribution in [0.25, 0.3) is 10.1 Å². The molecule has 20 heavy (non-hydrogen) atoms. The molecule has 2 aromatic heterocycles. The highest BCUT2D eigenvalue weighted by Crippen LogP contribution is 2.35. The smallest absolute Gasteiger partial charge is 0.263 e. The van der Waals surface area contributed by atoms with Crippen LogP contribution >= 0.6 is 11.3 Å². The molecule has 0 spiro atoms. The van der Waals surface area contributed by atoms with Gasteiger partial charge in [0.25, 0.3) is 5.91 Å². The van der Waals surface area contributed by atoms with Gasteiger partial charge in [0, 0.05) is 10.1 Å². The van der Waals surface area contributed by atoms with Crippen LogP contribution in [0.3, 0.4) is 0 Å². The van der Waals surface area contributed by atoms with Gasteiger partial charge in [0.15, 0.2) is 5.82 Å². The van der Waals surface area contributed by atoms with Crippen LogP contribution in [0.5, 0.6) is 0 Å². The second kappa shape index (κ2) is 4.93. The minimum absolute atomic E-state index is 0.210. The number of hydrogen-bond donors (Lipinski definition) is 2. The number of benzene rings is 1. The molecular weight excluding hydrogens is 276 g/mol. The minimum Gasteiger partial charge on any atom is -0.397 e. The number of fused-ring (bicyclic) bond motifs is 1. The number of nitrogen functional groups attached to an aromatic ring is 1. The van der Waals surface area contributed by atoms with Crippen LogP contribution in [-0.2, 0) is 6.54 Å². The number of hydrogen-bond acceptors (Lipinski definition) is 6. The number of aromatic nitrogens is 2. The Balaban J connectivity index is 1.88. The van der Waals surface area contributed by atoms with Crippen molar-refractivity contribution in [1.29, 1.82) is 0 Å². The van der Waals surface area contributed by atoms with E-state index in [-0.39, 0.29) is 12.5 Å². The fourth-order valence-corrected chi connectivity index (χ4v) is 3.06. The van der Waals surface area contributed by atoms with Crippen LogP contribution in [0.1, 0.15) is 21.1 Å². The quantitative estimate of drug-likeness (QED) is 0.769. The number of rotatable bonds is 3. The van der Waals surface area contributed by atoms with Gasteiger partial charge in [-0.1, -0.05) is 23.4 Å². The maximum atomic E-state index is 12.2. The van der Waals surface area contributed by atoms with E-state index < -0.39 is 0 Å². The Labute approximate surface area is 118 Å². The van der Waals surface area contributed by atoms with E-state index in [0.29, 0.717) is 16.4 Å². The van der Waals surface area contributed by atoms with Gasteiger partial charge in [0.2, 0.25) is 6.39 Å². The zero-order valence-electron chi connectivity index (χ0n) is 10.7. The third-order valence-corrected chi connectivity index (χ3v) is 4.33. The summed E-state index contributed by atoms with van der Waals surface area (Å²) in [5, 5.41) is 7.28. The number of aryl methyl sites for hydroxylation is 1. The first kappa shape index (κ1) is 12.6. The van der Waals surface area contributed by atoms with E-state index in [9.17, 15) is 4.79 Å². The molecule has 0 aliphatic heterocycles. The van der Waals surface area contributed by atoms with Crippen molar-refractivity contribution in [2.45, 2.75) is 13.5 Å². The molecule has 1 amide bonds. The van der Waals surface area contributed by atoms with Gasteiger partial charge in [-0.15, -0.1) is 11.3 Å². The Kier molecular flexibility index (Phi) is 3.11. The summed E-state index contributed by atoms with van der Waals surface area (Å²) in [6.07, 6.45) is 1.22. The SMILES string of the molecule is Cc1cccc2c(N)c(C(=O)NCc3ncon3)sc12. The van der Waals surface area contributed by atoms with Crippen LogP contribution in [0.15, 0.2) is 29.1 Å². The number of nitrogens with one attached hydrogen (secondary N) is 1. The number of thiophene rings is 1. The molecule has 1 aromatic carbocycles. The zero-order valence-corrected chi connectivity index (χ0v) is 11.5. The Morgan fingerprint density at radius 1 is 1.50 bits per heavy atom. The van der Waals surface area contributed by atoms with Crippen molar-refractivity contribution in [3.8, 4) is 0 Å². The van der Waals surface area contributed by atoms with E-state index in [1.807, 2.05) is 25.1 Å². The molecule has 0 aliphatic rings. The molecule has 0 bridgehead atoms. The summed E-state index contributed by atoms with van der Waals surface area (Å²) in [6, 6.07) is 5.85. The molecule has 3 aromatic rings. The number of nitrogens with zero attached hydrogens (tertiary/aromatic N) is 2. The second-order valence-electron chi connectivity index (χ2n) is 4.33. The summed E-state index contributed by atoms with van der Waals surface area (Å²) >= 11 is 1.39. The molecule has 3 N–H and O–H groups in total. The molecule has 0 atom stereocenters. The van der Waals surface area contributed by atoms with Gasteiger partial charge in [-0.3, -0.25) is 4.79 Å². The third-order valence-electron chi connectivity index (χ3n) is 2.97. The van der Waals surface area contributed by atoms with Crippen LogP contribution in [-0.4, -0.2) is 16.0 Å². The van der Waals surface area contributed by atoms with Crippen molar-refractivity contribution in [3.63, 3.8) is 0 Å². The number of carbonyl (C=O) groups is 1. The summed E-state index contributed by atoms with van der Waals surface area (Å²) in [5.74, 6) is 0.196. The Bertz CT molecular complexity index is 764. The van der Waals surface area contributed by atoms with Crippen LogP contribution in [0, 0.1) is 6.92 Å².